The van der Waals surface area contributed by atoms with Crippen LogP contribution in [0.2, 0.25) is 0 Å². The zero-order valence-corrected chi connectivity index (χ0v) is 8.26. The molecule has 2 rings (SSSR count). The maximum atomic E-state index is 3.20. The first kappa shape index (κ1) is 8.17. The lowest BCUT2D eigenvalue weighted by molar-refractivity contribution is 0.965. The van der Waals surface area contributed by atoms with Crippen molar-refractivity contribution in [1.82, 2.24) is 4.57 Å². The van der Waals surface area contributed by atoms with Gasteiger partial charge in [0.05, 0.1) is 11.2 Å². The van der Waals surface area contributed by atoms with Gasteiger partial charge < -0.3 is 9.88 Å². The van der Waals surface area contributed by atoms with Crippen LogP contribution >= 0.6 is 0 Å². The summed E-state index contributed by atoms with van der Waals surface area (Å²) in [6, 6.07) is 6.38. The first-order chi connectivity index (χ1) is 6.24. The number of nitrogens with zero attached hydrogens (tertiary/aromatic N) is 1. The summed E-state index contributed by atoms with van der Waals surface area (Å²) in [5, 5.41) is 4.49. The summed E-state index contributed by atoms with van der Waals surface area (Å²) in [7, 11) is 4.04. The molecule has 0 bridgehead atoms. The van der Waals surface area contributed by atoms with E-state index in [4.69, 9.17) is 0 Å². The van der Waals surface area contributed by atoms with Crippen LogP contribution in [0, 0.1) is 6.92 Å². The fraction of sp³-hybridized carbons (Fsp3) is 0.273. The first-order valence-corrected chi connectivity index (χ1v) is 4.46. The van der Waals surface area contributed by atoms with E-state index in [-0.39, 0.29) is 0 Å². The second kappa shape index (κ2) is 2.80. The Morgan fingerprint density at radius 3 is 2.77 bits per heavy atom. The highest BCUT2D eigenvalue weighted by Gasteiger charge is 2.05. The number of rotatable bonds is 1. The van der Waals surface area contributed by atoms with Crippen LogP contribution in [0.5, 0.6) is 0 Å². The van der Waals surface area contributed by atoms with E-state index in [1.807, 2.05) is 7.05 Å². The zero-order chi connectivity index (χ0) is 9.42. The van der Waals surface area contributed by atoms with Crippen LogP contribution in [0.3, 0.4) is 0 Å². The van der Waals surface area contributed by atoms with Crippen molar-refractivity contribution in [3.8, 4) is 0 Å². The van der Waals surface area contributed by atoms with Gasteiger partial charge in [-0.3, -0.25) is 0 Å². The van der Waals surface area contributed by atoms with E-state index in [9.17, 15) is 0 Å². The van der Waals surface area contributed by atoms with E-state index in [1.165, 1.54) is 22.2 Å². The molecule has 13 heavy (non-hydrogen) atoms. The Balaban J connectivity index is 2.87. The van der Waals surface area contributed by atoms with Crippen molar-refractivity contribution in [1.29, 1.82) is 0 Å². The Morgan fingerprint density at radius 2 is 2.08 bits per heavy atom. The summed E-state index contributed by atoms with van der Waals surface area (Å²) in [6.45, 7) is 2.14. The number of aromatic nitrogens is 1. The number of anilines is 1. The molecular weight excluding hydrogens is 160 g/mol. The molecule has 1 aromatic heterocycles. The van der Waals surface area contributed by atoms with Crippen molar-refractivity contribution >= 4 is 16.6 Å². The van der Waals surface area contributed by atoms with Crippen LogP contribution in [0.15, 0.2) is 24.4 Å². The van der Waals surface area contributed by atoms with Gasteiger partial charge >= 0.3 is 0 Å². The van der Waals surface area contributed by atoms with E-state index in [0.717, 1.165) is 0 Å². The number of hydrogen-bond donors (Lipinski definition) is 1. The summed E-state index contributed by atoms with van der Waals surface area (Å²) in [5.74, 6) is 0. The molecule has 0 aliphatic carbocycles. The number of para-hydroxylation sites is 1. The molecule has 2 heteroatoms. The molecule has 68 valence electrons. The zero-order valence-electron chi connectivity index (χ0n) is 8.26. The third-order valence-corrected chi connectivity index (χ3v) is 2.47. The van der Waals surface area contributed by atoms with Gasteiger partial charge in [-0.2, -0.15) is 0 Å². The van der Waals surface area contributed by atoms with Crippen molar-refractivity contribution in [2.75, 3.05) is 12.4 Å². The molecule has 0 aliphatic rings. The summed E-state index contributed by atoms with van der Waals surface area (Å²) in [5.41, 5.74) is 3.83. The Kier molecular flexibility index (Phi) is 1.76. The minimum Gasteiger partial charge on any atom is -0.386 e. The molecule has 1 N–H and O–H groups in total. The Hall–Kier alpha value is -1.44. The van der Waals surface area contributed by atoms with Gasteiger partial charge in [0.25, 0.3) is 0 Å². The average Bonchev–Trinajstić information content (AvgIpc) is 2.44. The van der Waals surface area contributed by atoms with Crippen LogP contribution in [0.4, 0.5) is 5.69 Å². The maximum Gasteiger partial charge on any atom is 0.0597 e. The first-order valence-electron chi connectivity index (χ1n) is 4.46. The number of aryl methyl sites for hydroxylation is 2. The smallest absolute Gasteiger partial charge is 0.0597 e. The van der Waals surface area contributed by atoms with Gasteiger partial charge in [-0.15, -0.1) is 0 Å². The van der Waals surface area contributed by atoms with Crippen molar-refractivity contribution < 1.29 is 0 Å². The molecule has 0 saturated heterocycles. The minimum atomic E-state index is 1.20. The van der Waals surface area contributed by atoms with Crippen LogP contribution < -0.4 is 5.32 Å². The van der Waals surface area contributed by atoms with Gasteiger partial charge in [-0.05, 0) is 12.5 Å². The third kappa shape index (κ3) is 1.10. The Bertz CT molecular complexity index is 441. The van der Waals surface area contributed by atoms with E-state index >= 15 is 0 Å². The van der Waals surface area contributed by atoms with Crippen molar-refractivity contribution in [3.05, 3.63) is 30.0 Å². The molecule has 1 heterocycles. The molecule has 0 unspecified atom stereocenters. The van der Waals surface area contributed by atoms with Gasteiger partial charge in [0.15, 0.2) is 0 Å². The minimum absolute atomic E-state index is 1.20. The fourth-order valence-electron chi connectivity index (χ4n) is 1.87. The number of hydrogen-bond acceptors (Lipinski definition) is 1. The predicted octanol–water partition coefficient (Wildman–Crippen LogP) is 2.53. The summed E-state index contributed by atoms with van der Waals surface area (Å²) < 4.78 is 2.16. The monoisotopic (exact) mass is 174 g/mol. The SMILES string of the molecule is CNc1cn(C)c2c(C)cccc12. The molecule has 0 atom stereocenters. The van der Waals surface area contributed by atoms with Crippen LogP contribution in [-0.2, 0) is 7.05 Å². The molecule has 0 amide bonds. The quantitative estimate of drug-likeness (QED) is 0.703. The highest BCUT2D eigenvalue weighted by molar-refractivity contribution is 5.94. The molecule has 0 aliphatic heterocycles. The largest absolute Gasteiger partial charge is 0.386 e. The van der Waals surface area contributed by atoms with Crippen molar-refractivity contribution in [3.63, 3.8) is 0 Å². The summed E-state index contributed by atoms with van der Waals surface area (Å²) in [6.07, 6.45) is 2.12. The lowest BCUT2D eigenvalue weighted by Crippen LogP contribution is -1.86. The molecule has 1 aromatic carbocycles. The predicted molar refractivity (Wildman–Crippen MR) is 57.2 cm³/mol. The standard InChI is InChI=1S/C11H14N2/c1-8-5-4-6-9-10(12-2)7-13(3)11(8)9/h4-7,12H,1-3H3. The van der Waals surface area contributed by atoms with Crippen LogP contribution in [-0.4, -0.2) is 11.6 Å². The second-order valence-corrected chi connectivity index (χ2v) is 3.37. The van der Waals surface area contributed by atoms with Gasteiger partial charge in [-0.25, -0.2) is 0 Å². The van der Waals surface area contributed by atoms with Crippen molar-refractivity contribution in [2.45, 2.75) is 6.92 Å². The van der Waals surface area contributed by atoms with E-state index in [1.54, 1.807) is 0 Å². The molecule has 2 aromatic rings. The topological polar surface area (TPSA) is 17.0 Å². The van der Waals surface area contributed by atoms with E-state index in [0.29, 0.717) is 0 Å². The molecule has 0 radical (unpaired) electrons. The van der Waals surface area contributed by atoms with E-state index < -0.39 is 0 Å². The lowest BCUT2D eigenvalue weighted by Gasteiger charge is -1.99. The highest BCUT2D eigenvalue weighted by atomic mass is 15.0. The Labute approximate surface area is 78.2 Å². The number of fused-ring (bicyclic) bond motifs is 1. The van der Waals surface area contributed by atoms with Gasteiger partial charge in [-0.1, -0.05) is 18.2 Å². The molecule has 0 fully saturated rings. The second-order valence-electron chi connectivity index (χ2n) is 3.37. The molecular formula is C11H14N2. The van der Waals surface area contributed by atoms with Gasteiger partial charge in [0, 0.05) is 25.7 Å². The van der Waals surface area contributed by atoms with Gasteiger partial charge in [0.1, 0.15) is 0 Å². The number of benzene rings is 1. The average molecular weight is 174 g/mol. The Morgan fingerprint density at radius 1 is 1.31 bits per heavy atom. The normalized spacial score (nSPS) is 10.7. The van der Waals surface area contributed by atoms with Crippen LogP contribution in [0.1, 0.15) is 5.56 Å². The van der Waals surface area contributed by atoms with Crippen LogP contribution in [0.25, 0.3) is 10.9 Å². The molecule has 2 nitrogen and oxygen atoms in total. The summed E-state index contributed by atoms with van der Waals surface area (Å²) >= 11 is 0. The maximum absolute atomic E-state index is 3.20. The molecule has 0 spiro atoms. The lowest BCUT2D eigenvalue weighted by atomic mass is 10.1. The fourth-order valence-corrected chi connectivity index (χ4v) is 1.87. The number of nitrogens with one attached hydrogen (secondary N) is 1. The highest BCUT2D eigenvalue weighted by Crippen LogP contribution is 2.26. The van der Waals surface area contributed by atoms with Gasteiger partial charge in [0.2, 0.25) is 0 Å². The molecule has 0 saturated carbocycles. The van der Waals surface area contributed by atoms with E-state index in [2.05, 4.69) is 48.3 Å². The summed E-state index contributed by atoms with van der Waals surface area (Å²) in [4.78, 5) is 0. The third-order valence-electron chi connectivity index (χ3n) is 2.47. The van der Waals surface area contributed by atoms with Crippen molar-refractivity contribution in [2.24, 2.45) is 7.05 Å².